The maximum Gasteiger partial charge on any atom is 0.274 e. The van der Waals surface area contributed by atoms with E-state index < -0.39 is 0 Å². The van der Waals surface area contributed by atoms with Gasteiger partial charge in [0.25, 0.3) is 11.5 Å². The van der Waals surface area contributed by atoms with Gasteiger partial charge in [0.15, 0.2) is 0 Å². The Labute approximate surface area is 226 Å². The van der Waals surface area contributed by atoms with Gasteiger partial charge in [-0.2, -0.15) is 0 Å². The van der Waals surface area contributed by atoms with E-state index >= 15 is 0 Å². The topological polar surface area (TPSA) is 102 Å². The van der Waals surface area contributed by atoms with Crippen LogP contribution in [-0.2, 0) is 7.05 Å². The van der Waals surface area contributed by atoms with Crippen molar-refractivity contribution in [3.8, 4) is 11.1 Å². The third-order valence-electron chi connectivity index (χ3n) is 8.19. The molecule has 2 bridgehead atoms. The van der Waals surface area contributed by atoms with E-state index in [9.17, 15) is 9.59 Å². The lowest BCUT2D eigenvalue weighted by Gasteiger charge is -2.15. The van der Waals surface area contributed by atoms with Crippen molar-refractivity contribution < 1.29 is 4.79 Å². The van der Waals surface area contributed by atoms with Gasteiger partial charge < -0.3 is 20.9 Å². The monoisotopic (exact) mass is 527 g/mol. The van der Waals surface area contributed by atoms with Gasteiger partial charge in [-0.15, -0.1) is 11.3 Å². The Morgan fingerprint density at radius 3 is 2.66 bits per heavy atom. The summed E-state index contributed by atoms with van der Waals surface area (Å²) in [5.41, 5.74) is 12.1. The number of nitrogens with one attached hydrogen (secondary N) is 2. The fraction of sp³-hybridized carbons (Fsp3) is 0.367. The molecule has 2 saturated carbocycles. The molecule has 2 aromatic heterocycles. The van der Waals surface area contributed by atoms with Crippen molar-refractivity contribution in [2.75, 3.05) is 17.7 Å². The summed E-state index contributed by atoms with van der Waals surface area (Å²) in [7, 11) is 3.41. The molecule has 2 heterocycles. The first kappa shape index (κ1) is 24.7. The predicted molar refractivity (Wildman–Crippen MR) is 155 cm³/mol. The van der Waals surface area contributed by atoms with Crippen molar-refractivity contribution >= 4 is 34.5 Å². The van der Waals surface area contributed by atoms with Crippen LogP contribution in [0.4, 0.5) is 11.4 Å². The summed E-state index contributed by atoms with van der Waals surface area (Å²) < 4.78 is 1.56. The molecule has 196 valence electrons. The number of carbonyl (C=O) groups excluding carboxylic acids is 1. The summed E-state index contributed by atoms with van der Waals surface area (Å²) in [6.07, 6.45) is 9.60. The molecule has 0 saturated heterocycles. The van der Waals surface area contributed by atoms with Gasteiger partial charge in [-0.05, 0) is 97.7 Å². The Kier molecular flexibility index (Phi) is 6.22. The number of aryl methyl sites for hydroxylation is 1. The number of amidine groups is 1. The van der Waals surface area contributed by atoms with Crippen LogP contribution in [0, 0.1) is 12.8 Å². The number of hydrogen-bond donors (Lipinski definition) is 3. The Balaban J connectivity index is 1.27. The van der Waals surface area contributed by atoms with E-state index in [1.54, 1.807) is 30.0 Å². The average molecular weight is 528 g/mol. The standard InChI is InChI=1S/C30H33N5O2S/c1-16-21(20-12-25(30(37)35(3)15-20)33-27(32-2)14-23(31)17-7-8-17)5-4-6-24(16)34-29(36)26-13-22-18-9-10-19(11-18)28(22)38-26/h4-6,12-15,17-19H,7-11,31H2,1-3H3,(H,32,33)(H,34,36)/b23-14-. The van der Waals surface area contributed by atoms with E-state index in [1.165, 1.54) is 29.7 Å². The number of rotatable bonds is 6. The van der Waals surface area contributed by atoms with E-state index in [2.05, 4.69) is 21.7 Å². The molecule has 8 heteroatoms. The molecule has 7 nitrogen and oxygen atoms in total. The lowest BCUT2D eigenvalue weighted by molar-refractivity contribution is 0.103. The van der Waals surface area contributed by atoms with E-state index in [-0.39, 0.29) is 11.5 Å². The number of pyridine rings is 1. The fourth-order valence-electron chi connectivity index (χ4n) is 5.87. The number of thiophene rings is 1. The number of aliphatic imine (C=N–C) groups is 1. The summed E-state index contributed by atoms with van der Waals surface area (Å²) in [4.78, 5) is 32.6. The smallest absolute Gasteiger partial charge is 0.274 e. The van der Waals surface area contributed by atoms with E-state index in [0.29, 0.717) is 29.3 Å². The number of benzene rings is 1. The summed E-state index contributed by atoms with van der Waals surface area (Å²) in [6.45, 7) is 2.00. The molecule has 6 rings (SSSR count). The zero-order chi connectivity index (χ0) is 26.6. The SMILES string of the molecule is C/N=C(\C=C(/N)C1CC1)Nc1cc(-c2cccc(NC(=O)c3cc4c(s3)C3CCC4C3)c2C)cn(C)c1=O. The summed E-state index contributed by atoms with van der Waals surface area (Å²) in [5, 5.41) is 6.31. The quantitative estimate of drug-likeness (QED) is 0.281. The average Bonchev–Trinajstić information content (AvgIpc) is 3.33. The number of aromatic nitrogens is 1. The van der Waals surface area contributed by atoms with Crippen LogP contribution in [0.1, 0.15) is 69.6 Å². The van der Waals surface area contributed by atoms with Crippen molar-refractivity contribution in [1.29, 1.82) is 0 Å². The Bertz CT molecular complexity index is 1530. The molecule has 0 radical (unpaired) electrons. The van der Waals surface area contributed by atoms with Crippen LogP contribution in [0.2, 0.25) is 0 Å². The minimum atomic E-state index is -0.157. The van der Waals surface area contributed by atoms with Gasteiger partial charge in [0, 0.05) is 42.1 Å². The first-order chi connectivity index (χ1) is 18.3. The summed E-state index contributed by atoms with van der Waals surface area (Å²) in [5.74, 6) is 2.20. The van der Waals surface area contributed by atoms with Crippen LogP contribution in [0.3, 0.4) is 0 Å². The van der Waals surface area contributed by atoms with Gasteiger partial charge in [-0.3, -0.25) is 14.6 Å². The van der Waals surface area contributed by atoms with Crippen LogP contribution in [0.5, 0.6) is 0 Å². The molecule has 2 fully saturated rings. The minimum absolute atomic E-state index is 0.0595. The molecule has 1 aromatic carbocycles. The largest absolute Gasteiger partial charge is 0.402 e. The fourth-order valence-corrected chi connectivity index (χ4v) is 7.17. The molecule has 3 aromatic rings. The van der Waals surface area contributed by atoms with Crippen molar-refractivity contribution in [2.24, 2.45) is 23.7 Å². The highest BCUT2D eigenvalue weighted by molar-refractivity contribution is 7.14. The van der Waals surface area contributed by atoms with Crippen LogP contribution >= 0.6 is 11.3 Å². The summed E-state index contributed by atoms with van der Waals surface area (Å²) >= 11 is 1.66. The number of amides is 1. The molecule has 4 N–H and O–H groups in total. The van der Waals surface area contributed by atoms with Crippen LogP contribution in [-0.4, -0.2) is 23.4 Å². The second kappa shape index (κ2) is 9.58. The summed E-state index contributed by atoms with van der Waals surface area (Å²) in [6, 6.07) is 9.81. The predicted octanol–water partition coefficient (Wildman–Crippen LogP) is 5.73. The first-order valence-corrected chi connectivity index (χ1v) is 14.1. The molecule has 2 atom stereocenters. The van der Waals surface area contributed by atoms with Gasteiger partial charge in [0.1, 0.15) is 11.5 Å². The number of nitrogens with zero attached hydrogens (tertiary/aromatic N) is 2. The molecule has 3 aliphatic rings. The number of carbonyl (C=O) groups is 1. The molecule has 0 aliphatic heterocycles. The lowest BCUT2D eigenvalue weighted by Crippen LogP contribution is -2.24. The highest BCUT2D eigenvalue weighted by atomic mass is 32.1. The van der Waals surface area contributed by atoms with E-state index in [4.69, 9.17) is 5.73 Å². The van der Waals surface area contributed by atoms with E-state index in [1.807, 2.05) is 43.5 Å². The lowest BCUT2D eigenvalue weighted by atomic mass is 9.98. The second-order valence-corrected chi connectivity index (χ2v) is 11.9. The van der Waals surface area contributed by atoms with Crippen molar-refractivity contribution in [2.45, 2.75) is 50.9 Å². The molecular weight excluding hydrogens is 494 g/mol. The van der Waals surface area contributed by atoms with Gasteiger partial charge >= 0.3 is 0 Å². The number of allylic oxidation sites excluding steroid dienone is 1. The molecule has 1 amide bonds. The highest BCUT2D eigenvalue weighted by Gasteiger charge is 2.39. The van der Waals surface area contributed by atoms with Gasteiger partial charge in [-0.25, -0.2) is 0 Å². The van der Waals surface area contributed by atoms with Crippen LogP contribution in [0.15, 0.2) is 58.1 Å². The third kappa shape index (κ3) is 4.47. The normalized spacial score (nSPS) is 20.5. The maximum atomic E-state index is 13.2. The Morgan fingerprint density at radius 2 is 1.92 bits per heavy atom. The number of nitrogens with two attached hydrogens (primary N) is 1. The van der Waals surface area contributed by atoms with Crippen LogP contribution in [0.25, 0.3) is 11.1 Å². The van der Waals surface area contributed by atoms with Crippen molar-refractivity contribution in [3.63, 3.8) is 0 Å². The van der Waals surface area contributed by atoms with Gasteiger partial charge in [0.05, 0.1) is 4.88 Å². The zero-order valence-corrected chi connectivity index (χ0v) is 22.8. The third-order valence-corrected chi connectivity index (χ3v) is 9.50. The minimum Gasteiger partial charge on any atom is -0.402 e. The Hall–Kier alpha value is -3.65. The maximum absolute atomic E-state index is 13.2. The van der Waals surface area contributed by atoms with Gasteiger partial charge in [-0.1, -0.05) is 12.1 Å². The van der Waals surface area contributed by atoms with Crippen molar-refractivity contribution in [1.82, 2.24) is 4.57 Å². The van der Waals surface area contributed by atoms with Crippen molar-refractivity contribution in [3.05, 3.63) is 79.5 Å². The second-order valence-electron chi connectivity index (χ2n) is 10.8. The molecule has 2 unspecified atom stereocenters. The number of hydrogen-bond acceptors (Lipinski definition) is 5. The molecule has 3 aliphatic carbocycles. The van der Waals surface area contributed by atoms with Crippen LogP contribution < -0.4 is 21.9 Å². The zero-order valence-electron chi connectivity index (χ0n) is 22.0. The highest BCUT2D eigenvalue weighted by Crippen LogP contribution is 2.56. The molecule has 0 spiro atoms. The van der Waals surface area contributed by atoms with E-state index in [0.717, 1.165) is 45.8 Å². The number of fused-ring (bicyclic) bond motifs is 5. The first-order valence-electron chi connectivity index (χ1n) is 13.3. The molecule has 38 heavy (non-hydrogen) atoms. The Morgan fingerprint density at radius 1 is 1.13 bits per heavy atom. The van der Waals surface area contributed by atoms with Gasteiger partial charge in [0.2, 0.25) is 0 Å². The molecular formula is C30H33N5O2S. The number of anilines is 2.